The van der Waals surface area contributed by atoms with Crippen LogP contribution in [-0.4, -0.2) is 22.6 Å². The number of aromatic nitrogens is 1. The van der Waals surface area contributed by atoms with E-state index in [4.69, 9.17) is 5.21 Å². The van der Waals surface area contributed by atoms with Gasteiger partial charge in [-0.15, -0.1) is 0 Å². The number of amidine groups is 1. The summed E-state index contributed by atoms with van der Waals surface area (Å²) in [6.07, 6.45) is 1.84. The topological polar surface area (TPSA) is 60.4 Å². The highest BCUT2D eigenvalue weighted by molar-refractivity contribution is 6.09. The number of aromatic amines is 1. The van der Waals surface area contributed by atoms with Crippen molar-refractivity contribution in [2.75, 3.05) is 6.54 Å². The lowest BCUT2D eigenvalue weighted by Crippen LogP contribution is -2.20. The highest BCUT2D eigenvalue weighted by atomic mass is 16.5. The van der Waals surface area contributed by atoms with Gasteiger partial charge in [-0.1, -0.05) is 18.2 Å². The second-order valence-corrected chi connectivity index (χ2v) is 3.18. The summed E-state index contributed by atoms with van der Waals surface area (Å²) in [5.74, 6) is 0.495. The van der Waals surface area contributed by atoms with E-state index in [2.05, 4.69) is 15.5 Å². The van der Waals surface area contributed by atoms with Crippen LogP contribution >= 0.6 is 0 Å². The Morgan fingerprint density at radius 3 is 3.00 bits per heavy atom. The standard InChI is InChI=1S/C11H13N3O/c1-2-12-11(14-15)9-7-13-10-6-4-3-5-8(9)10/h3-7,13,15H,2H2,1H3,(H,12,14). The molecule has 15 heavy (non-hydrogen) atoms. The minimum absolute atomic E-state index is 0.495. The number of fused-ring (bicyclic) bond motifs is 1. The van der Waals surface area contributed by atoms with Gasteiger partial charge >= 0.3 is 0 Å². The molecule has 2 aromatic rings. The van der Waals surface area contributed by atoms with Gasteiger partial charge < -0.3 is 4.98 Å². The highest BCUT2D eigenvalue weighted by Gasteiger charge is 2.07. The molecule has 1 heterocycles. The first-order chi connectivity index (χ1) is 7.36. The van der Waals surface area contributed by atoms with Gasteiger partial charge in [0.05, 0.1) is 0 Å². The molecule has 0 aliphatic rings. The van der Waals surface area contributed by atoms with E-state index in [1.54, 1.807) is 0 Å². The third-order valence-electron chi connectivity index (χ3n) is 2.27. The summed E-state index contributed by atoms with van der Waals surface area (Å²) in [6.45, 7) is 2.55. The molecule has 0 fully saturated rings. The fourth-order valence-corrected chi connectivity index (χ4v) is 1.61. The Morgan fingerprint density at radius 2 is 2.27 bits per heavy atom. The molecule has 0 bridgehead atoms. The largest absolute Gasteiger partial charge is 0.360 e. The summed E-state index contributed by atoms with van der Waals surface area (Å²) in [7, 11) is 0. The predicted molar refractivity (Wildman–Crippen MR) is 60.3 cm³/mol. The van der Waals surface area contributed by atoms with Gasteiger partial charge in [0.2, 0.25) is 0 Å². The number of para-hydroxylation sites is 1. The SMILES string of the molecule is CCN=C(NO)c1c[nH]c2ccccc12. The molecule has 0 spiro atoms. The smallest absolute Gasteiger partial charge is 0.154 e. The van der Waals surface area contributed by atoms with Crippen LogP contribution in [0.15, 0.2) is 35.5 Å². The summed E-state index contributed by atoms with van der Waals surface area (Å²) in [4.78, 5) is 7.30. The van der Waals surface area contributed by atoms with Crippen LogP contribution in [0.1, 0.15) is 12.5 Å². The number of hydroxylamine groups is 1. The molecule has 4 nitrogen and oxygen atoms in total. The molecule has 1 aromatic carbocycles. The second kappa shape index (κ2) is 4.14. The molecule has 0 radical (unpaired) electrons. The molecular formula is C11H13N3O. The molecule has 4 heteroatoms. The quantitative estimate of drug-likeness (QED) is 0.396. The molecule has 78 valence electrons. The maximum Gasteiger partial charge on any atom is 0.154 e. The molecule has 2 rings (SSSR count). The van der Waals surface area contributed by atoms with Crippen molar-refractivity contribution in [3.05, 3.63) is 36.0 Å². The van der Waals surface area contributed by atoms with E-state index in [1.807, 2.05) is 37.4 Å². The number of rotatable bonds is 2. The number of H-pyrrole nitrogens is 1. The summed E-state index contributed by atoms with van der Waals surface area (Å²) in [5.41, 5.74) is 4.05. The first-order valence-electron chi connectivity index (χ1n) is 4.88. The normalized spacial score (nSPS) is 12.0. The average Bonchev–Trinajstić information content (AvgIpc) is 2.70. The van der Waals surface area contributed by atoms with Crippen LogP contribution in [0, 0.1) is 0 Å². The van der Waals surface area contributed by atoms with E-state index in [9.17, 15) is 0 Å². The fourth-order valence-electron chi connectivity index (χ4n) is 1.61. The van der Waals surface area contributed by atoms with Gasteiger partial charge in [-0.3, -0.25) is 15.7 Å². The van der Waals surface area contributed by atoms with E-state index < -0.39 is 0 Å². The van der Waals surface area contributed by atoms with Crippen molar-refractivity contribution < 1.29 is 5.21 Å². The van der Waals surface area contributed by atoms with Crippen molar-refractivity contribution in [3.63, 3.8) is 0 Å². The van der Waals surface area contributed by atoms with Crippen LogP contribution in [0.4, 0.5) is 0 Å². The monoisotopic (exact) mass is 203 g/mol. The van der Waals surface area contributed by atoms with Crippen molar-refractivity contribution in [2.24, 2.45) is 4.99 Å². The van der Waals surface area contributed by atoms with Gasteiger partial charge in [-0.2, -0.15) is 0 Å². The maximum absolute atomic E-state index is 8.99. The molecule has 1 aromatic heterocycles. The Hall–Kier alpha value is -1.81. The van der Waals surface area contributed by atoms with Gasteiger partial charge in [0.1, 0.15) is 0 Å². The Kier molecular flexibility index (Phi) is 2.69. The zero-order valence-electron chi connectivity index (χ0n) is 8.49. The molecule has 0 aliphatic heterocycles. The van der Waals surface area contributed by atoms with Gasteiger partial charge in [-0.25, -0.2) is 0 Å². The third-order valence-corrected chi connectivity index (χ3v) is 2.27. The Bertz CT molecular complexity index is 487. The van der Waals surface area contributed by atoms with Gasteiger partial charge in [0.25, 0.3) is 0 Å². The number of aliphatic imine (C=N–C) groups is 1. The molecule has 0 amide bonds. The average molecular weight is 203 g/mol. The van der Waals surface area contributed by atoms with Crippen molar-refractivity contribution in [2.45, 2.75) is 6.92 Å². The minimum Gasteiger partial charge on any atom is -0.360 e. The lowest BCUT2D eigenvalue weighted by atomic mass is 10.1. The molecule has 0 aliphatic carbocycles. The molecular weight excluding hydrogens is 190 g/mol. The van der Waals surface area contributed by atoms with E-state index >= 15 is 0 Å². The number of benzene rings is 1. The van der Waals surface area contributed by atoms with Crippen molar-refractivity contribution >= 4 is 16.7 Å². The lowest BCUT2D eigenvalue weighted by Gasteiger charge is -2.02. The zero-order chi connectivity index (χ0) is 10.7. The Morgan fingerprint density at radius 1 is 1.47 bits per heavy atom. The molecule has 0 unspecified atom stereocenters. The van der Waals surface area contributed by atoms with Crippen molar-refractivity contribution in [3.8, 4) is 0 Å². The molecule has 0 atom stereocenters. The van der Waals surface area contributed by atoms with Crippen LogP contribution in [0.25, 0.3) is 10.9 Å². The molecule has 0 saturated carbocycles. The Balaban J connectivity index is 2.56. The summed E-state index contributed by atoms with van der Waals surface area (Å²) >= 11 is 0. The lowest BCUT2D eigenvalue weighted by molar-refractivity contribution is 0.235. The maximum atomic E-state index is 8.99. The van der Waals surface area contributed by atoms with Crippen LogP contribution in [-0.2, 0) is 0 Å². The fraction of sp³-hybridized carbons (Fsp3) is 0.182. The van der Waals surface area contributed by atoms with Crippen LogP contribution in [0.5, 0.6) is 0 Å². The number of nitrogens with one attached hydrogen (secondary N) is 2. The summed E-state index contributed by atoms with van der Waals surface area (Å²) < 4.78 is 0. The van der Waals surface area contributed by atoms with Crippen LogP contribution < -0.4 is 5.48 Å². The van der Waals surface area contributed by atoms with E-state index in [0.717, 1.165) is 16.5 Å². The summed E-state index contributed by atoms with van der Waals surface area (Å²) in [6, 6.07) is 7.90. The van der Waals surface area contributed by atoms with Gasteiger partial charge in [0, 0.05) is 29.2 Å². The van der Waals surface area contributed by atoms with E-state index in [-0.39, 0.29) is 0 Å². The van der Waals surface area contributed by atoms with E-state index in [1.165, 1.54) is 0 Å². The number of hydrogen-bond donors (Lipinski definition) is 3. The predicted octanol–water partition coefficient (Wildman–Crippen LogP) is 1.91. The van der Waals surface area contributed by atoms with Crippen molar-refractivity contribution in [1.82, 2.24) is 10.5 Å². The van der Waals surface area contributed by atoms with Crippen LogP contribution in [0.3, 0.4) is 0 Å². The first-order valence-corrected chi connectivity index (χ1v) is 4.88. The number of nitrogens with zero attached hydrogens (tertiary/aromatic N) is 1. The third kappa shape index (κ3) is 1.71. The zero-order valence-corrected chi connectivity index (χ0v) is 8.49. The van der Waals surface area contributed by atoms with Crippen LogP contribution in [0.2, 0.25) is 0 Å². The van der Waals surface area contributed by atoms with Gasteiger partial charge in [-0.05, 0) is 13.0 Å². The summed E-state index contributed by atoms with van der Waals surface area (Å²) in [5, 5.41) is 10.0. The van der Waals surface area contributed by atoms with Crippen molar-refractivity contribution in [1.29, 1.82) is 0 Å². The highest BCUT2D eigenvalue weighted by Crippen LogP contribution is 2.17. The van der Waals surface area contributed by atoms with Gasteiger partial charge in [0.15, 0.2) is 5.84 Å². The minimum atomic E-state index is 0.495. The first kappa shape index (κ1) is 9.73. The Labute approximate surface area is 87.6 Å². The number of hydrogen-bond acceptors (Lipinski definition) is 2. The second-order valence-electron chi connectivity index (χ2n) is 3.18. The molecule has 0 saturated heterocycles. The molecule has 3 N–H and O–H groups in total. The van der Waals surface area contributed by atoms with E-state index in [0.29, 0.717) is 12.4 Å².